The molecule has 0 spiro atoms. The molecule has 0 aromatic rings. The van der Waals surface area contributed by atoms with Crippen LogP contribution in [0, 0.1) is 0 Å². The highest BCUT2D eigenvalue weighted by atomic mass is 16.5. The second-order valence-electron chi connectivity index (χ2n) is 2.82. The maximum absolute atomic E-state index is 10.9. The fraction of sp³-hybridized carbons (Fsp3) is 0.444. The van der Waals surface area contributed by atoms with Crippen LogP contribution in [0.4, 0.5) is 0 Å². The van der Waals surface area contributed by atoms with Crippen molar-refractivity contribution >= 4 is 5.97 Å². The van der Waals surface area contributed by atoms with Gasteiger partial charge in [-0.2, -0.15) is 0 Å². The first-order chi connectivity index (χ1) is 5.71. The van der Waals surface area contributed by atoms with Crippen molar-refractivity contribution in [1.29, 1.82) is 0 Å². The van der Waals surface area contributed by atoms with Crippen LogP contribution >= 0.6 is 0 Å². The van der Waals surface area contributed by atoms with E-state index < -0.39 is 11.6 Å². The summed E-state index contributed by atoms with van der Waals surface area (Å²) in [5.41, 5.74) is -1.06. The Morgan fingerprint density at radius 2 is 2.58 bits per heavy atom. The first kappa shape index (κ1) is 8.84. The summed E-state index contributed by atoms with van der Waals surface area (Å²) >= 11 is 0. The number of hydrogen-bond donors (Lipinski definition) is 1. The minimum Gasteiger partial charge on any atom is -0.483 e. The van der Waals surface area contributed by atoms with Gasteiger partial charge in [-0.05, 0) is 12.5 Å². The molecule has 1 aliphatic heterocycles. The van der Waals surface area contributed by atoms with Crippen molar-refractivity contribution in [3.8, 4) is 0 Å². The van der Waals surface area contributed by atoms with Gasteiger partial charge in [-0.3, -0.25) is 0 Å². The van der Waals surface area contributed by atoms with Crippen LogP contribution in [-0.2, 0) is 9.53 Å². The molecule has 1 N–H and O–H groups in total. The lowest BCUT2D eigenvalue weighted by molar-refractivity contribution is -0.160. The van der Waals surface area contributed by atoms with Crippen molar-refractivity contribution in [3.05, 3.63) is 25.0 Å². The van der Waals surface area contributed by atoms with Gasteiger partial charge in [-0.25, -0.2) is 4.79 Å². The Morgan fingerprint density at radius 1 is 1.83 bits per heavy atom. The molecule has 0 aromatic heterocycles. The number of carboxylic acids is 1. The lowest BCUT2D eigenvalue weighted by Gasteiger charge is -2.29. The maximum Gasteiger partial charge on any atom is 0.348 e. The number of rotatable bonds is 3. The monoisotopic (exact) mass is 168 g/mol. The molecule has 1 heterocycles. The second-order valence-corrected chi connectivity index (χ2v) is 2.82. The summed E-state index contributed by atoms with van der Waals surface area (Å²) in [5, 5.41) is 8.91. The molecule has 1 rings (SSSR count). The molecule has 0 aromatic carbocycles. The van der Waals surface area contributed by atoms with Crippen molar-refractivity contribution in [3.63, 3.8) is 0 Å². The van der Waals surface area contributed by atoms with Crippen LogP contribution in [0.3, 0.4) is 0 Å². The summed E-state index contributed by atoms with van der Waals surface area (Å²) < 4.78 is 5.12. The predicted octanol–water partition coefficient (Wildman–Crippen LogP) is 1.71. The molecule has 0 radical (unpaired) electrons. The van der Waals surface area contributed by atoms with Crippen LogP contribution < -0.4 is 0 Å². The van der Waals surface area contributed by atoms with Crippen molar-refractivity contribution in [2.75, 3.05) is 0 Å². The van der Waals surface area contributed by atoms with Gasteiger partial charge < -0.3 is 9.84 Å². The summed E-state index contributed by atoms with van der Waals surface area (Å²) in [6.07, 6.45) is 6.48. The first-order valence-corrected chi connectivity index (χ1v) is 3.88. The minimum absolute atomic E-state index is 0.354. The van der Waals surface area contributed by atoms with Gasteiger partial charge in [0.1, 0.15) is 0 Å². The van der Waals surface area contributed by atoms with Gasteiger partial charge in [0, 0.05) is 12.8 Å². The molecule has 1 aliphatic rings. The number of carboxylic acid groups (broad SMARTS) is 1. The quantitative estimate of drug-likeness (QED) is 0.652. The number of ether oxygens (including phenoxy) is 1. The molecule has 0 saturated carbocycles. The van der Waals surface area contributed by atoms with E-state index in [9.17, 15) is 4.79 Å². The Hall–Kier alpha value is -1.25. The third-order valence-corrected chi connectivity index (χ3v) is 1.97. The van der Waals surface area contributed by atoms with Crippen LogP contribution in [0.25, 0.3) is 0 Å². The van der Waals surface area contributed by atoms with E-state index in [1.165, 1.54) is 6.26 Å². The molecular weight excluding hydrogens is 156 g/mol. The van der Waals surface area contributed by atoms with Gasteiger partial charge in [0.2, 0.25) is 5.60 Å². The molecule has 3 nitrogen and oxygen atoms in total. The van der Waals surface area contributed by atoms with E-state index >= 15 is 0 Å². The zero-order valence-corrected chi connectivity index (χ0v) is 6.82. The van der Waals surface area contributed by atoms with E-state index in [4.69, 9.17) is 9.84 Å². The van der Waals surface area contributed by atoms with E-state index in [2.05, 4.69) is 6.58 Å². The van der Waals surface area contributed by atoms with Gasteiger partial charge >= 0.3 is 5.97 Å². The smallest absolute Gasteiger partial charge is 0.348 e. The molecule has 66 valence electrons. The van der Waals surface area contributed by atoms with Crippen molar-refractivity contribution in [2.45, 2.75) is 24.9 Å². The third-order valence-electron chi connectivity index (χ3n) is 1.97. The van der Waals surface area contributed by atoms with Gasteiger partial charge in [0.05, 0.1) is 6.26 Å². The zero-order chi connectivity index (χ0) is 9.03. The molecule has 3 heteroatoms. The summed E-state index contributed by atoms with van der Waals surface area (Å²) in [6, 6.07) is 0. The second kappa shape index (κ2) is 3.43. The number of hydrogen-bond acceptors (Lipinski definition) is 2. The molecule has 1 unspecified atom stereocenters. The topological polar surface area (TPSA) is 46.5 Å². The summed E-state index contributed by atoms with van der Waals surface area (Å²) in [4.78, 5) is 10.9. The Balaban J connectivity index is 2.78. The molecular formula is C9H12O3. The van der Waals surface area contributed by atoms with Crippen LogP contribution in [0.15, 0.2) is 25.0 Å². The van der Waals surface area contributed by atoms with Crippen LogP contribution in [-0.4, -0.2) is 16.7 Å². The Kier molecular flexibility index (Phi) is 2.53. The van der Waals surface area contributed by atoms with E-state index in [1.54, 1.807) is 6.08 Å². The van der Waals surface area contributed by atoms with E-state index in [0.717, 1.165) is 6.42 Å². The Morgan fingerprint density at radius 3 is 3.00 bits per heavy atom. The van der Waals surface area contributed by atoms with Gasteiger partial charge in [-0.1, -0.05) is 6.08 Å². The van der Waals surface area contributed by atoms with Gasteiger partial charge in [-0.15, -0.1) is 6.58 Å². The number of carbonyl (C=O) groups is 1. The lowest BCUT2D eigenvalue weighted by atomic mass is 9.92. The average Bonchev–Trinajstić information content (AvgIpc) is 2.06. The molecule has 1 atom stereocenters. The van der Waals surface area contributed by atoms with E-state index in [-0.39, 0.29) is 0 Å². The maximum atomic E-state index is 10.9. The average molecular weight is 168 g/mol. The van der Waals surface area contributed by atoms with Gasteiger partial charge in [0.25, 0.3) is 0 Å². The lowest BCUT2D eigenvalue weighted by Crippen LogP contribution is -2.40. The van der Waals surface area contributed by atoms with Crippen LogP contribution in [0.2, 0.25) is 0 Å². The van der Waals surface area contributed by atoms with E-state index in [0.29, 0.717) is 12.8 Å². The zero-order valence-electron chi connectivity index (χ0n) is 6.82. The normalized spacial score (nSPS) is 27.7. The first-order valence-electron chi connectivity index (χ1n) is 3.88. The van der Waals surface area contributed by atoms with Crippen LogP contribution in [0.5, 0.6) is 0 Å². The van der Waals surface area contributed by atoms with Crippen molar-refractivity contribution < 1.29 is 14.6 Å². The number of allylic oxidation sites excluding steroid dienone is 1. The number of aliphatic carboxylic acids is 1. The van der Waals surface area contributed by atoms with Crippen molar-refractivity contribution in [1.82, 2.24) is 0 Å². The highest BCUT2D eigenvalue weighted by molar-refractivity contribution is 5.78. The largest absolute Gasteiger partial charge is 0.483 e. The molecule has 12 heavy (non-hydrogen) atoms. The summed E-state index contributed by atoms with van der Waals surface area (Å²) in [6.45, 7) is 3.51. The Bertz CT molecular complexity index is 220. The van der Waals surface area contributed by atoms with E-state index in [1.807, 2.05) is 6.08 Å². The minimum atomic E-state index is -1.06. The third kappa shape index (κ3) is 1.49. The highest BCUT2D eigenvalue weighted by Gasteiger charge is 2.39. The fourth-order valence-electron chi connectivity index (χ4n) is 1.25. The standard InChI is InChI=1S/C9H12O3/c1-2-5-9(8(10)11)6-3-4-7-12-9/h2,4,7H,1,3,5-6H2,(H,10,11). The molecule has 0 fully saturated rings. The molecule has 0 bridgehead atoms. The Labute approximate surface area is 71.3 Å². The highest BCUT2D eigenvalue weighted by Crippen LogP contribution is 2.27. The summed E-state index contributed by atoms with van der Waals surface area (Å²) in [5.74, 6) is -0.910. The van der Waals surface area contributed by atoms with Gasteiger partial charge in [0.15, 0.2) is 0 Å². The predicted molar refractivity (Wildman–Crippen MR) is 44.6 cm³/mol. The van der Waals surface area contributed by atoms with Crippen LogP contribution in [0.1, 0.15) is 19.3 Å². The SMILES string of the molecule is C=CCC1(C(=O)O)CCC=CO1. The fourth-order valence-corrected chi connectivity index (χ4v) is 1.25. The molecule has 0 saturated heterocycles. The molecule has 0 aliphatic carbocycles. The summed E-state index contributed by atoms with van der Waals surface area (Å²) in [7, 11) is 0. The molecule has 0 amide bonds. The van der Waals surface area contributed by atoms with Crippen molar-refractivity contribution in [2.24, 2.45) is 0 Å².